The lowest BCUT2D eigenvalue weighted by atomic mass is 9.98. The van der Waals surface area contributed by atoms with Crippen molar-refractivity contribution in [2.75, 3.05) is 12.0 Å². The normalized spacial score (nSPS) is 14.9. The molecule has 8 N–H and O–H groups in total. The Labute approximate surface area is 221 Å². The molecule has 0 fully saturated rings. The summed E-state index contributed by atoms with van der Waals surface area (Å²) >= 11 is 1.47. The maximum absolute atomic E-state index is 13.2. The number of primary amides is 1. The minimum absolute atomic E-state index is 0.0310. The fourth-order valence-corrected chi connectivity index (χ4v) is 3.95. The quantitative estimate of drug-likeness (QED) is 0.162. The van der Waals surface area contributed by atoms with Crippen LogP contribution in [-0.2, 0) is 30.4 Å². The predicted molar refractivity (Wildman–Crippen MR) is 142 cm³/mol. The highest BCUT2D eigenvalue weighted by atomic mass is 32.2. The molecule has 1 rings (SSSR count). The van der Waals surface area contributed by atoms with Gasteiger partial charge in [0.1, 0.15) is 18.1 Å². The number of thioether (sulfide) groups is 1. The van der Waals surface area contributed by atoms with E-state index in [9.17, 15) is 29.1 Å². The van der Waals surface area contributed by atoms with E-state index in [1.54, 1.807) is 31.2 Å². The number of nitrogens with one attached hydrogen (secondary N) is 3. The lowest BCUT2D eigenvalue weighted by Gasteiger charge is -2.26. The Hall–Kier alpha value is -3.12. The van der Waals surface area contributed by atoms with Gasteiger partial charge in [0, 0.05) is 12.8 Å². The Kier molecular flexibility index (Phi) is 14.3. The van der Waals surface area contributed by atoms with Crippen molar-refractivity contribution in [2.45, 2.75) is 70.1 Å². The number of carbonyl (C=O) groups excluding carboxylic acids is 4. The van der Waals surface area contributed by atoms with Gasteiger partial charge in [-0.05, 0) is 36.3 Å². The molecule has 11 nitrogen and oxygen atoms in total. The topological polar surface area (TPSA) is 194 Å². The average Bonchev–Trinajstić information content (AvgIpc) is 2.87. The number of aliphatic carboxylic acids is 1. The van der Waals surface area contributed by atoms with Crippen molar-refractivity contribution in [3.8, 4) is 0 Å². The summed E-state index contributed by atoms with van der Waals surface area (Å²) in [7, 11) is 0. The third-order valence-corrected chi connectivity index (χ3v) is 6.62. The third kappa shape index (κ3) is 11.6. The van der Waals surface area contributed by atoms with Gasteiger partial charge in [0.05, 0.1) is 6.04 Å². The van der Waals surface area contributed by atoms with Crippen LogP contribution in [0.25, 0.3) is 0 Å². The van der Waals surface area contributed by atoms with Crippen LogP contribution in [0.1, 0.15) is 45.1 Å². The summed E-state index contributed by atoms with van der Waals surface area (Å²) in [5, 5.41) is 17.4. The highest BCUT2D eigenvalue weighted by Gasteiger charge is 2.32. The molecule has 12 heteroatoms. The van der Waals surface area contributed by atoms with Crippen LogP contribution in [0, 0.1) is 5.92 Å². The largest absolute Gasteiger partial charge is 0.480 e. The van der Waals surface area contributed by atoms with Crippen LogP contribution >= 0.6 is 11.8 Å². The third-order valence-electron chi connectivity index (χ3n) is 5.97. The number of rotatable bonds is 17. The number of hydrogen-bond acceptors (Lipinski definition) is 7. The molecule has 0 aliphatic heterocycles. The Morgan fingerprint density at radius 2 is 1.54 bits per heavy atom. The molecule has 0 bridgehead atoms. The molecule has 0 aliphatic rings. The summed E-state index contributed by atoms with van der Waals surface area (Å²) in [6, 6.07) is 4.75. The van der Waals surface area contributed by atoms with Gasteiger partial charge in [-0.15, -0.1) is 0 Å². The molecule has 37 heavy (non-hydrogen) atoms. The lowest BCUT2D eigenvalue weighted by Crippen LogP contribution is -2.58. The van der Waals surface area contributed by atoms with Crippen molar-refractivity contribution in [3.05, 3.63) is 35.9 Å². The van der Waals surface area contributed by atoms with Gasteiger partial charge in [-0.3, -0.25) is 19.2 Å². The van der Waals surface area contributed by atoms with Crippen LogP contribution in [0.2, 0.25) is 0 Å². The predicted octanol–water partition coefficient (Wildman–Crippen LogP) is 0.160. The highest BCUT2D eigenvalue weighted by molar-refractivity contribution is 7.98. The fourth-order valence-electron chi connectivity index (χ4n) is 3.48. The number of carbonyl (C=O) groups is 5. The second-order valence-corrected chi connectivity index (χ2v) is 9.90. The number of carboxylic acids is 1. The zero-order chi connectivity index (χ0) is 28.0. The molecular formula is C25H39N5O6S. The van der Waals surface area contributed by atoms with Crippen LogP contribution in [0.4, 0.5) is 0 Å². The zero-order valence-corrected chi connectivity index (χ0v) is 22.4. The van der Waals surface area contributed by atoms with Crippen LogP contribution in [0.5, 0.6) is 0 Å². The van der Waals surface area contributed by atoms with E-state index in [2.05, 4.69) is 16.0 Å². The van der Waals surface area contributed by atoms with E-state index in [4.69, 9.17) is 11.5 Å². The molecule has 206 valence electrons. The SMILES string of the molecule is CCC(C)C(NC(=O)C(Cc1ccccc1)NC(=O)C(CCSC)NC(=O)C(N)CCC(N)=O)C(=O)O. The monoisotopic (exact) mass is 537 g/mol. The van der Waals surface area contributed by atoms with Crippen LogP contribution in [0.3, 0.4) is 0 Å². The molecule has 1 aromatic rings. The van der Waals surface area contributed by atoms with E-state index in [0.29, 0.717) is 12.2 Å². The van der Waals surface area contributed by atoms with Gasteiger partial charge >= 0.3 is 5.97 Å². The molecule has 5 atom stereocenters. The standard InChI is InChI=1S/C25H39N5O6S/c1-4-15(2)21(25(35)36)30-24(34)19(14-16-8-6-5-7-9-16)29-23(33)18(12-13-37-3)28-22(32)17(26)10-11-20(27)31/h5-9,15,17-19,21H,4,10-14,26H2,1-3H3,(H2,27,31)(H,28,32)(H,29,33)(H,30,34)(H,35,36). The minimum Gasteiger partial charge on any atom is -0.480 e. The number of nitrogens with two attached hydrogens (primary N) is 2. The van der Waals surface area contributed by atoms with Gasteiger partial charge in [-0.2, -0.15) is 11.8 Å². The van der Waals surface area contributed by atoms with Gasteiger partial charge in [0.25, 0.3) is 0 Å². The summed E-state index contributed by atoms with van der Waals surface area (Å²) in [4.78, 5) is 61.7. The first-order chi connectivity index (χ1) is 17.5. The molecule has 0 heterocycles. The Balaban J connectivity index is 3.09. The lowest BCUT2D eigenvalue weighted by molar-refractivity contribution is -0.143. The number of benzene rings is 1. The molecule has 0 aliphatic carbocycles. The number of hydrogen-bond donors (Lipinski definition) is 6. The molecule has 4 amide bonds. The molecule has 0 spiro atoms. The second kappa shape index (κ2) is 16.6. The first-order valence-electron chi connectivity index (χ1n) is 12.2. The maximum atomic E-state index is 13.2. The molecular weight excluding hydrogens is 498 g/mol. The molecule has 0 aromatic heterocycles. The van der Waals surface area contributed by atoms with E-state index in [1.165, 1.54) is 11.8 Å². The summed E-state index contributed by atoms with van der Waals surface area (Å²) in [5.41, 5.74) is 11.7. The van der Waals surface area contributed by atoms with Gasteiger partial charge in [-0.1, -0.05) is 50.6 Å². The minimum atomic E-state index is -1.16. The summed E-state index contributed by atoms with van der Waals surface area (Å²) in [6.45, 7) is 3.54. The van der Waals surface area contributed by atoms with Crippen molar-refractivity contribution in [1.82, 2.24) is 16.0 Å². The molecule has 0 saturated heterocycles. The van der Waals surface area contributed by atoms with E-state index in [0.717, 1.165) is 5.56 Å². The molecule has 1 aromatic carbocycles. The van der Waals surface area contributed by atoms with E-state index < -0.39 is 53.8 Å². The Morgan fingerprint density at radius 3 is 2.08 bits per heavy atom. The second-order valence-electron chi connectivity index (χ2n) is 8.92. The summed E-state index contributed by atoms with van der Waals surface area (Å²) in [5.74, 6) is -3.40. The van der Waals surface area contributed by atoms with Gasteiger partial charge in [-0.25, -0.2) is 4.79 Å². The number of amides is 4. The molecule has 0 radical (unpaired) electrons. The molecule has 5 unspecified atom stereocenters. The van der Waals surface area contributed by atoms with Crippen molar-refractivity contribution in [2.24, 2.45) is 17.4 Å². The van der Waals surface area contributed by atoms with Crippen molar-refractivity contribution in [3.63, 3.8) is 0 Å². The summed E-state index contributed by atoms with van der Waals surface area (Å²) < 4.78 is 0. The first kappa shape index (κ1) is 31.9. The first-order valence-corrected chi connectivity index (χ1v) is 13.6. The van der Waals surface area contributed by atoms with Crippen molar-refractivity contribution in [1.29, 1.82) is 0 Å². The van der Waals surface area contributed by atoms with Crippen molar-refractivity contribution >= 4 is 41.4 Å². The Bertz CT molecular complexity index is 916. The van der Waals surface area contributed by atoms with Crippen LogP contribution < -0.4 is 27.4 Å². The van der Waals surface area contributed by atoms with Gasteiger partial charge in [0.2, 0.25) is 23.6 Å². The molecule has 0 saturated carbocycles. The zero-order valence-electron chi connectivity index (χ0n) is 21.6. The Morgan fingerprint density at radius 1 is 0.946 bits per heavy atom. The maximum Gasteiger partial charge on any atom is 0.326 e. The smallest absolute Gasteiger partial charge is 0.326 e. The van der Waals surface area contributed by atoms with E-state index >= 15 is 0 Å². The fraction of sp³-hybridized carbons (Fsp3) is 0.560. The van der Waals surface area contributed by atoms with Gasteiger partial charge in [0.15, 0.2) is 0 Å². The average molecular weight is 538 g/mol. The van der Waals surface area contributed by atoms with Crippen LogP contribution in [-0.4, -0.2) is 70.9 Å². The summed E-state index contributed by atoms with van der Waals surface area (Å²) in [6.07, 6.45) is 2.73. The van der Waals surface area contributed by atoms with E-state index in [-0.39, 0.29) is 31.6 Å². The van der Waals surface area contributed by atoms with Crippen molar-refractivity contribution < 1.29 is 29.1 Å². The van der Waals surface area contributed by atoms with E-state index in [1.807, 2.05) is 19.2 Å². The van der Waals surface area contributed by atoms with Crippen LogP contribution in [0.15, 0.2) is 30.3 Å². The highest BCUT2D eigenvalue weighted by Crippen LogP contribution is 2.11. The van der Waals surface area contributed by atoms with Gasteiger partial charge < -0.3 is 32.5 Å². The number of carboxylic acid groups (broad SMARTS) is 1.